The summed E-state index contributed by atoms with van der Waals surface area (Å²) in [7, 11) is 1.92. The quantitative estimate of drug-likeness (QED) is 0.780. The monoisotopic (exact) mass is 281 g/mol. The Morgan fingerprint density at radius 1 is 1.19 bits per heavy atom. The Morgan fingerprint density at radius 3 is 2.71 bits per heavy atom. The fraction of sp³-hybridized carbons (Fsp3) is 0.312. The van der Waals surface area contributed by atoms with Crippen LogP contribution in [0.4, 0.5) is 0 Å². The van der Waals surface area contributed by atoms with E-state index >= 15 is 0 Å². The van der Waals surface area contributed by atoms with Crippen molar-refractivity contribution in [2.24, 2.45) is 7.05 Å². The van der Waals surface area contributed by atoms with E-state index in [2.05, 4.69) is 22.3 Å². The molecule has 0 fully saturated rings. The van der Waals surface area contributed by atoms with E-state index in [0.29, 0.717) is 0 Å². The van der Waals surface area contributed by atoms with Crippen molar-refractivity contribution >= 4 is 11.0 Å². The maximum Gasteiger partial charge on any atom is 0.0890 e. The van der Waals surface area contributed by atoms with Crippen LogP contribution in [0.25, 0.3) is 11.0 Å². The Bertz CT molecular complexity index is 734. The molecule has 0 spiro atoms. The molecule has 5 heteroatoms. The molecule has 1 aromatic carbocycles. The SMILES string of the molecule is CCCNC(c1cnn(C)c1)c1cnc2ccccc2n1. The number of rotatable bonds is 5. The number of hydrogen-bond acceptors (Lipinski definition) is 4. The highest BCUT2D eigenvalue weighted by Crippen LogP contribution is 2.21. The average Bonchev–Trinajstić information content (AvgIpc) is 2.94. The third-order valence-corrected chi connectivity index (χ3v) is 3.42. The summed E-state index contributed by atoms with van der Waals surface area (Å²) < 4.78 is 1.81. The number of nitrogens with zero attached hydrogens (tertiary/aromatic N) is 4. The first-order chi connectivity index (χ1) is 10.3. The predicted octanol–water partition coefficient (Wildman–Crippen LogP) is 2.45. The minimum atomic E-state index is 0.0238. The van der Waals surface area contributed by atoms with E-state index in [1.807, 2.05) is 54.6 Å². The number of aromatic nitrogens is 4. The van der Waals surface area contributed by atoms with Gasteiger partial charge in [0.15, 0.2) is 0 Å². The molecule has 1 unspecified atom stereocenters. The van der Waals surface area contributed by atoms with Gasteiger partial charge in [0.1, 0.15) is 0 Å². The summed E-state index contributed by atoms with van der Waals surface area (Å²) in [5.41, 5.74) is 3.87. The zero-order valence-electron chi connectivity index (χ0n) is 12.3. The molecule has 0 bridgehead atoms. The third kappa shape index (κ3) is 2.92. The normalized spacial score (nSPS) is 12.7. The van der Waals surface area contributed by atoms with Crippen LogP contribution in [0, 0.1) is 0 Å². The standard InChI is InChI=1S/C16H19N5/c1-3-8-17-16(12-9-19-21(2)11-12)15-10-18-13-6-4-5-7-14(13)20-15/h4-7,9-11,16-17H,3,8H2,1-2H3. The Kier molecular flexibility index (Phi) is 3.92. The average molecular weight is 281 g/mol. The highest BCUT2D eigenvalue weighted by Gasteiger charge is 2.17. The van der Waals surface area contributed by atoms with E-state index in [1.54, 1.807) is 0 Å². The lowest BCUT2D eigenvalue weighted by atomic mass is 10.1. The first-order valence-corrected chi connectivity index (χ1v) is 7.21. The van der Waals surface area contributed by atoms with E-state index in [4.69, 9.17) is 4.98 Å². The summed E-state index contributed by atoms with van der Waals surface area (Å²) in [5.74, 6) is 0. The van der Waals surface area contributed by atoms with Gasteiger partial charge in [0.05, 0.1) is 35.2 Å². The van der Waals surface area contributed by atoms with Gasteiger partial charge in [-0.25, -0.2) is 4.98 Å². The van der Waals surface area contributed by atoms with Gasteiger partial charge in [0.25, 0.3) is 0 Å². The van der Waals surface area contributed by atoms with Gasteiger partial charge in [-0.2, -0.15) is 5.10 Å². The Labute approximate surface area is 124 Å². The lowest BCUT2D eigenvalue weighted by Gasteiger charge is -2.16. The minimum absolute atomic E-state index is 0.0238. The molecule has 21 heavy (non-hydrogen) atoms. The van der Waals surface area contributed by atoms with Crippen LogP contribution in [0.5, 0.6) is 0 Å². The van der Waals surface area contributed by atoms with Crippen molar-refractivity contribution in [3.63, 3.8) is 0 Å². The Morgan fingerprint density at radius 2 is 2.00 bits per heavy atom. The zero-order valence-corrected chi connectivity index (χ0v) is 12.3. The Hall–Kier alpha value is -2.27. The molecule has 0 saturated heterocycles. The molecule has 2 aromatic heterocycles. The van der Waals surface area contributed by atoms with E-state index in [1.165, 1.54) is 0 Å². The van der Waals surface area contributed by atoms with Crippen molar-refractivity contribution in [3.8, 4) is 0 Å². The van der Waals surface area contributed by atoms with Crippen molar-refractivity contribution in [3.05, 3.63) is 54.1 Å². The second-order valence-electron chi connectivity index (χ2n) is 5.12. The van der Waals surface area contributed by atoms with E-state index in [-0.39, 0.29) is 6.04 Å². The van der Waals surface area contributed by atoms with Gasteiger partial charge in [-0.05, 0) is 25.1 Å². The van der Waals surface area contributed by atoms with E-state index in [0.717, 1.165) is 35.3 Å². The maximum absolute atomic E-state index is 4.75. The van der Waals surface area contributed by atoms with Gasteiger partial charge in [-0.15, -0.1) is 0 Å². The highest BCUT2D eigenvalue weighted by molar-refractivity contribution is 5.73. The lowest BCUT2D eigenvalue weighted by Crippen LogP contribution is -2.24. The topological polar surface area (TPSA) is 55.6 Å². The number of benzene rings is 1. The second-order valence-corrected chi connectivity index (χ2v) is 5.12. The van der Waals surface area contributed by atoms with Crippen molar-refractivity contribution in [2.45, 2.75) is 19.4 Å². The summed E-state index contributed by atoms with van der Waals surface area (Å²) in [6.45, 7) is 3.08. The summed E-state index contributed by atoms with van der Waals surface area (Å²) in [6, 6.07) is 7.95. The van der Waals surface area contributed by atoms with Crippen LogP contribution in [0.15, 0.2) is 42.9 Å². The summed E-state index contributed by atoms with van der Waals surface area (Å²) in [6.07, 6.45) is 6.81. The molecular formula is C16H19N5. The number of hydrogen-bond donors (Lipinski definition) is 1. The van der Waals surface area contributed by atoms with Gasteiger partial charge in [-0.3, -0.25) is 9.67 Å². The van der Waals surface area contributed by atoms with Crippen LogP contribution in [0.1, 0.15) is 30.6 Å². The minimum Gasteiger partial charge on any atom is -0.305 e. The van der Waals surface area contributed by atoms with Crippen LogP contribution in [-0.4, -0.2) is 26.3 Å². The van der Waals surface area contributed by atoms with E-state index < -0.39 is 0 Å². The van der Waals surface area contributed by atoms with Crippen molar-refractivity contribution < 1.29 is 0 Å². The third-order valence-electron chi connectivity index (χ3n) is 3.42. The van der Waals surface area contributed by atoms with Gasteiger partial charge in [0, 0.05) is 18.8 Å². The number of fused-ring (bicyclic) bond motifs is 1. The molecule has 1 N–H and O–H groups in total. The molecule has 1 atom stereocenters. The second kappa shape index (κ2) is 6.01. The molecule has 0 aliphatic heterocycles. The van der Waals surface area contributed by atoms with E-state index in [9.17, 15) is 0 Å². The number of para-hydroxylation sites is 2. The molecule has 3 aromatic rings. The molecule has 108 valence electrons. The summed E-state index contributed by atoms with van der Waals surface area (Å²) in [5, 5.41) is 7.79. The zero-order chi connectivity index (χ0) is 14.7. The molecule has 0 amide bonds. The lowest BCUT2D eigenvalue weighted by molar-refractivity contribution is 0.586. The van der Waals surface area contributed by atoms with Crippen LogP contribution in [-0.2, 0) is 7.05 Å². The molecular weight excluding hydrogens is 262 g/mol. The maximum atomic E-state index is 4.75. The fourth-order valence-electron chi connectivity index (χ4n) is 2.38. The molecule has 3 rings (SSSR count). The van der Waals surface area contributed by atoms with Crippen LogP contribution < -0.4 is 5.32 Å². The first-order valence-electron chi connectivity index (χ1n) is 7.21. The van der Waals surface area contributed by atoms with Crippen LogP contribution in [0.3, 0.4) is 0 Å². The summed E-state index contributed by atoms with van der Waals surface area (Å²) >= 11 is 0. The highest BCUT2D eigenvalue weighted by atomic mass is 15.2. The smallest absolute Gasteiger partial charge is 0.0890 e. The van der Waals surface area contributed by atoms with Crippen molar-refractivity contribution in [1.29, 1.82) is 0 Å². The van der Waals surface area contributed by atoms with Crippen LogP contribution in [0.2, 0.25) is 0 Å². The summed E-state index contributed by atoms with van der Waals surface area (Å²) in [4.78, 5) is 9.26. The Balaban J connectivity index is 2.00. The molecule has 0 radical (unpaired) electrons. The molecule has 2 heterocycles. The molecule has 5 nitrogen and oxygen atoms in total. The van der Waals surface area contributed by atoms with Gasteiger partial charge in [0.2, 0.25) is 0 Å². The van der Waals surface area contributed by atoms with Crippen LogP contribution >= 0.6 is 0 Å². The molecule has 0 saturated carbocycles. The predicted molar refractivity (Wildman–Crippen MR) is 82.9 cm³/mol. The van der Waals surface area contributed by atoms with Gasteiger partial charge < -0.3 is 5.32 Å². The largest absolute Gasteiger partial charge is 0.305 e. The molecule has 0 aliphatic rings. The van der Waals surface area contributed by atoms with Gasteiger partial charge >= 0.3 is 0 Å². The van der Waals surface area contributed by atoms with Gasteiger partial charge in [-0.1, -0.05) is 19.1 Å². The van der Waals surface area contributed by atoms with Crippen molar-refractivity contribution in [2.75, 3.05) is 6.54 Å². The number of nitrogens with one attached hydrogen (secondary N) is 1. The first kappa shape index (κ1) is 13.7. The van der Waals surface area contributed by atoms with Crippen molar-refractivity contribution in [1.82, 2.24) is 25.1 Å². The molecule has 0 aliphatic carbocycles. The fourth-order valence-corrected chi connectivity index (χ4v) is 2.38. The number of aryl methyl sites for hydroxylation is 1.